The highest BCUT2D eigenvalue weighted by molar-refractivity contribution is 5.93. The van der Waals surface area contributed by atoms with Crippen LogP contribution in [-0.4, -0.2) is 27.1 Å². The first-order valence-electron chi connectivity index (χ1n) is 9.65. The molecule has 144 valence electrons. The van der Waals surface area contributed by atoms with Crippen LogP contribution in [0.3, 0.4) is 0 Å². The Kier molecular flexibility index (Phi) is 4.67. The van der Waals surface area contributed by atoms with E-state index >= 15 is 0 Å². The summed E-state index contributed by atoms with van der Waals surface area (Å²) in [5, 5.41) is 10.9. The summed E-state index contributed by atoms with van der Waals surface area (Å²) in [6.07, 6.45) is 6.29. The van der Waals surface area contributed by atoms with Gasteiger partial charge in [-0.25, -0.2) is 9.78 Å². The van der Waals surface area contributed by atoms with Gasteiger partial charge in [-0.2, -0.15) is 0 Å². The van der Waals surface area contributed by atoms with Gasteiger partial charge in [-0.3, -0.25) is 0 Å². The van der Waals surface area contributed by atoms with Crippen LogP contribution in [-0.2, 0) is 17.6 Å². The van der Waals surface area contributed by atoms with Crippen LogP contribution in [0.5, 0.6) is 5.75 Å². The SMILES string of the molecule is CCOC(=O)c1cn2c(C)c(C)nc2c(O)c1CC=C1CCc2ccccc21. The quantitative estimate of drug-likeness (QED) is 0.685. The van der Waals surface area contributed by atoms with E-state index in [4.69, 9.17) is 4.74 Å². The Hall–Kier alpha value is -3.08. The second-order valence-electron chi connectivity index (χ2n) is 7.16. The molecule has 1 N–H and O–H groups in total. The largest absolute Gasteiger partial charge is 0.504 e. The van der Waals surface area contributed by atoms with E-state index in [1.807, 2.05) is 19.9 Å². The van der Waals surface area contributed by atoms with Crippen molar-refractivity contribution in [3.8, 4) is 5.75 Å². The highest BCUT2D eigenvalue weighted by Gasteiger charge is 2.22. The van der Waals surface area contributed by atoms with E-state index in [2.05, 4.69) is 29.3 Å². The molecule has 1 aliphatic carbocycles. The minimum absolute atomic E-state index is 0.0462. The maximum atomic E-state index is 12.6. The number of hydrogen-bond acceptors (Lipinski definition) is 4. The Balaban J connectivity index is 1.81. The van der Waals surface area contributed by atoms with Crippen LogP contribution < -0.4 is 0 Å². The van der Waals surface area contributed by atoms with Gasteiger partial charge in [-0.15, -0.1) is 0 Å². The molecule has 0 atom stereocenters. The zero-order chi connectivity index (χ0) is 19.8. The van der Waals surface area contributed by atoms with Crippen LogP contribution >= 0.6 is 0 Å². The summed E-state index contributed by atoms with van der Waals surface area (Å²) in [5.74, 6) is -0.379. The summed E-state index contributed by atoms with van der Waals surface area (Å²) in [7, 11) is 0. The number of rotatable bonds is 4. The maximum absolute atomic E-state index is 12.6. The fraction of sp³-hybridized carbons (Fsp3) is 0.304. The molecule has 0 radical (unpaired) electrons. The first-order chi connectivity index (χ1) is 13.5. The van der Waals surface area contributed by atoms with Gasteiger partial charge in [-0.05, 0) is 56.7 Å². The lowest BCUT2D eigenvalue weighted by Crippen LogP contribution is -2.10. The summed E-state index contributed by atoms with van der Waals surface area (Å²) < 4.78 is 7.01. The van der Waals surface area contributed by atoms with Crippen molar-refractivity contribution in [3.63, 3.8) is 0 Å². The minimum atomic E-state index is -0.425. The normalized spacial score (nSPS) is 14.6. The van der Waals surface area contributed by atoms with Gasteiger partial charge in [0.05, 0.1) is 17.9 Å². The molecule has 4 rings (SSSR count). The number of aromatic hydroxyl groups is 1. The number of pyridine rings is 1. The topological polar surface area (TPSA) is 63.8 Å². The van der Waals surface area contributed by atoms with Crippen LogP contribution in [0.25, 0.3) is 11.2 Å². The first-order valence-corrected chi connectivity index (χ1v) is 9.65. The molecule has 0 bridgehead atoms. The van der Waals surface area contributed by atoms with E-state index in [0.29, 0.717) is 23.2 Å². The molecule has 3 aromatic rings. The zero-order valence-corrected chi connectivity index (χ0v) is 16.5. The van der Waals surface area contributed by atoms with Crippen LogP contribution in [0.4, 0.5) is 0 Å². The summed E-state index contributed by atoms with van der Waals surface area (Å²) in [4.78, 5) is 17.1. The number of aryl methyl sites for hydroxylation is 3. The number of allylic oxidation sites excluding steroid dienone is 2. The Morgan fingerprint density at radius 3 is 2.86 bits per heavy atom. The molecule has 1 aliphatic rings. The van der Waals surface area contributed by atoms with E-state index in [0.717, 1.165) is 24.2 Å². The summed E-state index contributed by atoms with van der Waals surface area (Å²) in [6, 6.07) is 8.38. The number of ether oxygens (including phenoxy) is 1. The van der Waals surface area contributed by atoms with E-state index in [1.54, 1.807) is 17.5 Å². The lowest BCUT2D eigenvalue weighted by molar-refractivity contribution is 0.0524. The zero-order valence-electron chi connectivity index (χ0n) is 16.5. The fourth-order valence-corrected chi connectivity index (χ4v) is 3.91. The van der Waals surface area contributed by atoms with E-state index < -0.39 is 5.97 Å². The van der Waals surface area contributed by atoms with Gasteiger partial charge in [0.1, 0.15) is 0 Å². The molecule has 2 aromatic heterocycles. The van der Waals surface area contributed by atoms with Gasteiger partial charge in [0.2, 0.25) is 0 Å². The van der Waals surface area contributed by atoms with Crippen LogP contribution in [0.1, 0.15) is 51.8 Å². The Morgan fingerprint density at radius 2 is 2.07 bits per heavy atom. The highest BCUT2D eigenvalue weighted by Crippen LogP contribution is 2.34. The molecule has 1 aromatic carbocycles. The molecular formula is C23H24N2O3. The lowest BCUT2D eigenvalue weighted by atomic mass is 10.0. The molecule has 5 nitrogen and oxygen atoms in total. The number of imidazole rings is 1. The smallest absolute Gasteiger partial charge is 0.340 e. The lowest BCUT2D eigenvalue weighted by Gasteiger charge is -2.12. The molecule has 5 heteroatoms. The van der Waals surface area contributed by atoms with Gasteiger partial charge >= 0.3 is 5.97 Å². The second-order valence-corrected chi connectivity index (χ2v) is 7.16. The molecule has 0 fully saturated rings. The molecule has 0 saturated heterocycles. The summed E-state index contributed by atoms with van der Waals surface area (Å²) in [6.45, 7) is 5.87. The van der Waals surface area contributed by atoms with Crippen molar-refractivity contribution >= 4 is 17.2 Å². The molecule has 0 aliphatic heterocycles. The van der Waals surface area contributed by atoms with Crippen LogP contribution in [0.15, 0.2) is 36.5 Å². The van der Waals surface area contributed by atoms with E-state index in [9.17, 15) is 9.90 Å². The minimum Gasteiger partial charge on any atom is -0.504 e. The average molecular weight is 376 g/mol. The molecule has 0 saturated carbocycles. The predicted octanol–water partition coefficient (Wildman–Crippen LogP) is 4.41. The van der Waals surface area contributed by atoms with Crippen LogP contribution in [0, 0.1) is 13.8 Å². The monoisotopic (exact) mass is 376 g/mol. The summed E-state index contributed by atoms with van der Waals surface area (Å²) >= 11 is 0. The van der Waals surface area contributed by atoms with Crippen molar-refractivity contribution in [3.05, 3.63) is 70.2 Å². The molecule has 0 spiro atoms. The van der Waals surface area contributed by atoms with Crippen molar-refractivity contribution < 1.29 is 14.6 Å². The standard InChI is InChI=1S/C23H24N2O3/c1-4-28-23(27)20-13-25-15(3)14(2)24-22(25)21(26)19(20)12-11-17-10-9-16-7-5-6-8-18(16)17/h5-8,11,13,26H,4,9-10,12H2,1-3H3. The highest BCUT2D eigenvalue weighted by atomic mass is 16.5. The molecule has 0 unspecified atom stereocenters. The third-order valence-corrected chi connectivity index (χ3v) is 5.54. The molecule has 0 amide bonds. The Labute approximate surface area is 164 Å². The third kappa shape index (κ3) is 2.97. The number of fused-ring (bicyclic) bond motifs is 2. The van der Waals surface area contributed by atoms with Crippen molar-refractivity contribution in [2.24, 2.45) is 0 Å². The maximum Gasteiger partial charge on any atom is 0.340 e. The van der Waals surface area contributed by atoms with Gasteiger partial charge in [0.15, 0.2) is 11.4 Å². The van der Waals surface area contributed by atoms with Gasteiger partial charge < -0.3 is 14.2 Å². The third-order valence-electron chi connectivity index (χ3n) is 5.54. The summed E-state index contributed by atoms with van der Waals surface area (Å²) in [5.41, 5.74) is 6.99. The fourth-order valence-electron chi connectivity index (χ4n) is 3.91. The number of aromatic nitrogens is 2. The number of esters is 1. The van der Waals surface area contributed by atoms with Gasteiger partial charge in [0.25, 0.3) is 0 Å². The second kappa shape index (κ2) is 7.15. The number of carbonyl (C=O) groups excluding carboxylic acids is 1. The molecular weight excluding hydrogens is 352 g/mol. The van der Waals surface area contributed by atoms with Crippen molar-refractivity contribution in [1.29, 1.82) is 0 Å². The predicted molar refractivity (Wildman–Crippen MR) is 109 cm³/mol. The average Bonchev–Trinajstić information content (AvgIpc) is 3.23. The van der Waals surface area contributed by atoms with E-state index in [-0.39, 0.29) is 12.4 Å². The Morgan fingerprint density at radius 1 is 1.29 bits per heavy atom. The Bertz CT molecular complexity index is 1110. The number of carbonyl (C=O) groups is 1. The van der Waals surface area contributed by atoms with Crippen molar-refractivity contribution in [1.82, 2.24) is 9.38 Å². The number of benzene rings is 1. The van der Waals surface area contributed by atoms with Gasteiger partial charge in [0, 0.05) is 17.5 Å². The molecule has 28 heavy (non-hydrogen) atoms. The molecule has 2 heterocycles. The number of nitrogens with zero attached hydrogens (tertiary/aromatic N) is 2. The first kappa shape index (κ1) is 18.3. The number of hydrogen-bond donors (Lipinski definition) is 1. The van der Waals surface area contributed by atoms with Crippen LogP contribution in [0.2, 0.25) is 0 Å². The van der Waals surface area contributed by atoms with Crippen molar-refractivity contribution in [2.45, 2.75) is 40.0 Å². The van der Waals surface area contributed by atoms with E-state index in [1.165, 1.54) is 16.7 Å². The van der Waals surface area contributed by atoms with Gasteiger partial charge in [-0.1, -0.05) is 30.3 Å². The van der Waals surface area contributed by atoms with Crippen molar-refractivity contribution in [2.75, 3.05) is 6.61 Å².